The van der Waals surface area contributed by atoms with Crippen LogP contribution in [0.25, 0.3) is 10.4 Å². The first-order chi connectivity index (χ1) is 2.41. The topological polar surface area (TPSA) is 65.8 Å². The molecule has 1 atom stereocenters. The first kappa shape index (κ1) is 4.41. The molecular weight excluding hydrogens is 89.0 g/mol. The van der Waals surface area contributed by atoms with E-state index < -0.39 is 8.61 Å². The van der Waals surface area contributed by atoms with Crippen LogP contribution in [0.5, 0.6) is 0 Å². The van der Waals surface area contributed by atoms with Crippen LogP contribution >= 0.6 is 8.61 Å². The highest BCUT2D eigenvalue weighted by molar-refractivity contribution is 7.21. The van der Waals surface area contributed by atoms with Gasteiger partial charge in [0.2, 0.25) is 0 Å². The quantitative estimate of drug-likeness (QED) is 0.206. The van der Waals surface area contributed by atoms with Gasteiger partial charge < -0.3 is 0 Å². The summed E-state index contributed by atoms with van der Waals surface area (Å²) in [5, 5.41) is 0. The van der Waals surface area contributed by atoms with Crippen LogP contribution in [-0.4, -0.2) is 0 Å². The molecule has 26 valence electrons. The average Bonchev–Trinajstić information content (AvgIpc) is 1.41. The van der Waals surface area contributed by atoms with Gasteiger partial charge in [-0.15, -0.1) is 0 Å². The van der Waals surface area contributed by atoms with Crippen LogP contribution in [0.2, 0.25) is 0 Å². The fourth-order valence-corrected chi connectivity index (χ4v) is 0.0548. The molecule has 1 unspecified atom stereocenters. The van der Waals surface area contributed by atoms with Gasteiger partial charge in [-0.05, 0) is 0 Å². The van der Waals surface area contributed by atoms with Crippen LogP contribution < -0.4 is 0 Å². The molecule has 0 aliphatic carbocycles. The Bertz CT molecular complexity index is 71.0. The van der Waals surface area contributed by atoms with Crippen LogP contribution in [0.3, 0.4) is 0 Å². The molecule has 0 spiro atoms. The fraction of sp³-hybridized carbons (Fsp3) is 0. The third kappa shape index (κ3) is 3.41. The molecule has 4 nitrogen and oxygen atoms in total. The van der Waals surface area contributed by atoms with Crippen molar-refractivity contribution in [1.82, 2.24) is 0 Å². The van der Waals surface area contributed by atoms with Gasteiger partial charge in [-0.3, -0.25) is 0 Å². The molecule has 0 saturated carbocycles. The van der Waals surface area contributed by atoms with Crippen LogP contribution in [-0.2, 0) is 4.57 Å². The minimum absolute atomic E-state index is 0.884. The Balaban J connectivity index is 3.31. The molecule has 0 heterocycles. The molecule has 0 aromatic rings. The standard InChI is InChI=1S/N3OP/c1-2-3-5-4/p+1. The summed E-state index contributed by atoms with van der Waals surface area (Å²) < 4.78 is 9.14. The van der Waals surface area contributed by atoms with Crippen molar-refractivity contribution in [3.05, 3.63) is 10.4 Å². The van der Waals surface area contributed by atoms with Crippen molar-refractivity contribution in [2.24, 2.45) is 4.88 Å². The van der Waals surface area contributed by atoms with Crippen molar-refractivity contribution in [3.8, 4) is 0 Å². The van der Waals surface area contributed by atoms with E-state index >= 15 is 0 Å². The van der Waals surface area contributed by atoms with Crippen LogP contribution in [0.1, 0.15) is 0 Å². The van der Waals surface area contributed by atoms with Crippen molar-refractivity contribution in [1.29, 1.82) is 0 Å². The lowest BCUT2D eigenvalue weighted by Gasteiger charge is -1.22. The second-order valence-electron chi connectivity index (χ2n) is 0.281. The number of azide groups is 1. The van der Waals surface area contributed by atoms with E-state index in [1.165, 1.54) is 0 Å². The highest BCUT2D eigenvalue weighted by Crippen LogP contribution is 1.88. The van der Waals surface area contributed by atoms with E-state index in [0.717, 1.165) is 0 Å². The van der Waals surface area contributed by atoms with Gasteiger partial charge in [0.15, 0.2) is 4.88 Å². The van der Waals surface area contributed by atoms with Crippen molar-refractivity contribution in [2.45, 2.75) is 0 Å². The molecule has 0 aliphatic rings. The van der Waals surface area contributed by atoms with Crippen LogP contribution in [0.4, 0.5) is 0 Å². The maximum Gasteiger partial charge on any atom is 0.448 e. The first-order valence-corrected chi connectivity index (χ1v) is 1.68. The van der Waals surface area contributed by atoms with Gasteiger partial charge in [-0.1, -0.05) is 4.57 Å². The Morgan fingerprint density at radius 2 is 2.60 bits per heavy atom. The van der Waals surface area contributed by atoms with Crippen molar-refractivity contribution < 1.29 is 4.57 Å². The number of rotatable bonds is 1. The first-order valence-electron chi connectivity index (χ1n) is 0.828. The zero-order chi connectivity index (χ0) is 4.12. The molecule has 5 heavy (non-hydrogen) atoms. The third-order valence-electron chi connectivity index (χ3n) is 0.0855. The summed E-state index contributed by atoms with van der Waals surface area (Å²) in [6, 6.07) is 0. The van der Waals surface area contributed by atoms with Crippen LogP contribution in [0, 0.1) is 0 Å². The van der Waals surface area contributed by atoms with E-state index in [1.807, 2.05) is 0 Å². The highest BCUT2D eigenvalue weighted by Gasteiger charge is 1.65. The molecule has 0 fully saturated rings. The number of hydrogen-bond acceptors (Lipinski definition) is 1. The molecule has 0 aromatic carbocycles. The number of nitrogens with zero attached hydrogens (tertiary/aromatic N) is 3. The molecule has 0 aliphatic heterocycles. The van der Waals surface area contributed by atoms with Gasteiger partial charge >= 0.3 is 8.61 Å². The highest BCUT2D eigenvalue weighted by atomic mass is 31.1. The van der Waals surface area contributed by atoms with E-state index in [2.05, 4.69) is 9.80 Å². The Hall–Kier alpha value is -0.590. The SMILES string of the molecule is [N-]=[N+]=N[PH+]=O. The van der Waals surface area contributed by atoms with Crippen molar-refractivity contribution in [3.63, 3.8) is 0 Å². The van der Waals surface area contributed by atoms with E-state index in [4.69, 9.17) is 10.1 Å². The van der Waals surface area contributed by atoms with Gasteiger partial charge in [-0.25, -0.2) is 0 Å². The lowest BCUT2D eigenvalue weighted by atomic mass is 13.0. The second kappa shape index (κ2) is 3.41. The van der Waals surface area contributed by atoms with E-state index in [1.54, 1.807) is 0 Å². The Kier molecular flexibility index (Phi) is 3.01. The van der Waals surface area contributed by atoms with Crippen LogP contribution in [0.15, 0.2) is 4.88 Å². The molecule has 0 bridgehead atoms. The number of hydrogen-bond donors (Lipinski definition) is 0. The molecule has 0 radical (unpaired) electrons. The smallest absolute Gasteiger partial charge is 0.0603 e. The molecule has 0 N–H and O–H groups in total. The molecule has 5 heteroatoms. The summed E-state index contributed by atoms with van der Waals surface area (Å²) >= 11 is 0. The zero-order valence-electron chi connectivity index (χ0n) is 2.25. The Morgan fingerprint density at radius 1 is 2.00 bits per heavy atom. The molecule has 0 aromatic heterocycles. The largest absolute Gasteiger partial charge is 0.448 e. The van der Waals surface area contributed by atoms with Gasteiger partial charge in [0.05, 0.1) is 0 Å². The maximum absolute atomic E-state index is 9.14. The van der Waals surface area contributed by atoms with Crippen molar-refractivity contribution in [2.75, 3.05) is 0 Å². The van der Waals surface area contributed by atoms with E-state index in [9.17, 15) is 0 Å². The predicted octanol–water partition coefficient (Wildman–Crippen LogP) is 1.24. The Morgan fingerprint density at radius 3 is 2.60 bits per heavy atom. The van der Waals surface area contributed by atoms with Gasteiger partial charge in [0.1, 0.15) is 0 Å². The Labute approximate surface area is 29.7 Å². The molecule has 0 saturated heterocycles. The second-order valence-corrected chi connectivity index (χ2v) is 0.663. The fourth-order valence-electron chi connectivity index (χ4n) is 0.0183. The lowest BCUT2D eigenvalue weighted by molar-refractivity contribution is 0.599. The summed E-state index contributed by atoms with van der Waals surface area (Å²) in [6.45, 7) is 0. The molecule has 0 amide bonds. The summed E-state index contributed by atoms with van der Waals surface area (Å²) in [5.74, 6) is 0. The summed E-state index contributed by atoms with van der Waals surface area (Å²) in [7, 11) is -0.884. The van der Waals surface area contributed by atoms with Crippen molar-refractivity contribution >= 4 is 8.61 Å². The van der Waals surface area contributed by atoms with Gasteiger partial charge in [0, 0.05) is 10.4 Å². The summed E-state index contributed by atoms with van der Waals surface area (Å²) in [5.41, 5.74) is 7.33. The molecule has 0 rings (SSSR count). The van der Waals surface area contributed by atoms with E-state index in [-0.39, 0.29) is 0 Å². The molecular formula is HN3OP+. The lowest BCUT2D eigenvalue weighted by Crippen LogP contribution is -1.05. The zero-order valence-corrected chi connectivity index (χ0v) is 3.25. The monoisotopic (exact) mass is 90.0 g/mol. The summed E-state index contributed by atoms with van der Waals surface area (Å²) in [6.07, 6.45) is 0. The minimum Gasteiger partial charge on any atom is -0.0603 e. The third-order valence-corrected chi connectivity index (χ3v) is 0.257. The minimum atomic E-state index is -0.884. The summed E-state index contributed by atoms with van der Waals surface area (Å²) in [4.78, 5) is 4.80. The van der Waals surface area contributed by atoms with Gasteiger partial charge in [-0.2, -0.15) is 0 Å². The van der Waals surface area contributed by atoms with E-state index in [0.29, 0.717) is 0 Å². The van der Waals surface area contributed by atoms with Gasteiger partial charge in [0.25, 0.3) is 0 Å². The predicted molar refractivity (Wildman–Crippen MR) is 18.1 cm³/mol. The average molecular weight is 90.0 g/mol. The normalized spacial score (nSPS) is 6.40. The maximum atomic E-state index is 9.14.